The second-order valence-electron chi connectivity index (χ2n) is 5.16. The molecule has 0 aliphatic rings. The van der Waals surface area contributed by atoms with Gasteiger partial charge < -0.3 is 10.1 Å². The number of nitrogens with zero attached hydrogens (tertiary/aromatic N) is 2. The Labute approximate surface area is 137 Å². The van der Waals surface area contributed by atoms with Gasteiger partial charge in [-0.15, -0.1) is 11.3 Å². The van der Waals surface area contributed by atoms with Gasteiger partial charge in [0.2, 0.25) is 5.91 Å². The topological polar surface area (TPSA) is 82.3 Å². The van der Waals surface area contributed by atoms with Gasteiger partial charge in [-0.25, -0.2) is 4.79 Å². The standard InChI is InChI=1S/C15H21N3O4S/c1-3-4-7-17-14(20)13-11(5-9-23-13)18(15(17)21)10-12(19)16-6-8-22-2/h5,9H,3-4,6-8,10H2,1-2H3,(H,16,19). The van der Waals surface area contributed by atoms with Gasteiger partial charge in [0.15, 0.2) is 0 Å². The van der Waals surface area contributed by atoms with E-state index in [1.807, 2.05) is 6.92 Å². The molecule has 1 N–H and O–H groups in total. The summed E-state index contributed by atoms with van der Waals surface area (Å²) < 4.78 is 7.97. The van der Waals surface area contributed by atoms with Crippen LogP contribution in [0.15, 0.2) is 21.0 Å². The quantitative estimate of drug-likeness (QED) is 0.721. The lowest BCUT2D eigenvalue weighted by atomic mass is 10.3. The highest BCUT2D eigenvalue weighted by molar-refractivity contribution is 7.17. The van der Waals surface area contributed by atoms with Gasteiger partial charge in [0, 0.05) is 20.2 Å². The highest BCUT2D eigenvalue weighted by atomic mass is 32.1. The molecule has 0 radical (unpaired) electrons. The lowest BCUT2D eigenvalue weighted by Crippen LogP contribution is -2.42. The minimum Gasteiger partial charge on any atom is -0.383 e. The van der Waals surface area contributed by atoms with Gasteiger partial charge in [-0.2, -0.15) is 0 Å². The Balaban J connectivity index is 2.38. The molecule has 8 heteroatoms. The molecule has 0 aromatic carbocycles. The van der Waals surface area contributed by atoms with E-state index in [0.717, 1.165) is 12.8 Å². The Morgan fingerprint density at radius 2 is 2.13 bits per heavy atom. The molecule has 2 rings (SSSR count). The number of ether oxygens (including phenoxy) is 1. The lowest BCUT2D eigenvalue weighted by Gasteiger charge is -2.12. The summed E-state index contributed by atoms with van der Waals surface area (Å²) in [7, 11) is 1.55. The molecule has 0 aliphatic heterocycles. The molecule has 0 bridgehead atoms. The van der Waals surface area contributed by atoms with Crippen LogP contribution in [0.3, 0.4) is 0 Å². The molecule has 1 amide bonds. The first-order chi connectivity index (χ1) is 11.1. The van der Waals surface area contributed by atoms with Gasteiger partial charge in [-0.3, -0.25) is 18.7 Å². The van der Waals surface area contributed by atoms with Crippen molar-refractivity contribution in [1.29, 1.82) is 0 Å². The van der Waals surface area contributed by atoms with E-state index in [1.165, 1.54) is 20.5 Å². The molecular formula is C15H21N3O4S. The van der Waals surface area contributed by atoms with Crippen LogP contribution in [0.2, 0.25) is 0 Å². The van der Waals surface area contributed by atoms with Crippen LogP contribution in [0.4, 0.5) is 0 Å². The molecule has 0 fully saturated rings. The largest absolute Gasteiger partial charge is 0.383 e. The van der Waals surface area contributed by atoms with Crippen LogP contribution in [0.25, 0.3) is 10.2 Å². The third kappa shape index (κ3) is 3.89. The van der Waals surface area contributed by atoms with Crippen LogP contribution in [0.5, 0.6) is 0 Å². The number of hydrogen-bond acceptors (Lipinski definition) is 5. The SMILES string of the molecule is CCCCn1c(=O)c2sccc2n(CC(=O)NCCOC)c1=O. The number of methoxy groups -OCH3 is 1. The Morgan fingerprint density at radius 3 is 2.83 bits per heavy atom. The summed E-state index contributed by atoms with van der Waals surface area (Å²) in [5.41, 5.74) is -0.194. The molecule has 0 saturated carbocycles. The third-order valence-electron chi connectivity index (χ3n) is 3.50. The van der Waals surface area contributed by atoms with Crippen LogP contribution in [0, 0.1) is 0 Å². The van der Waals surface area contributed by atoms with Crippen molar-refractivity contribution in [3.63, 3.8) is 0 Å². The van der Waals surface area contributed by atoms with Crippen LogP contribution in [0.1, 0.15) is 19.8 Å². The van der Waals surface area contributed by atoms with Gasteiger partial charge in [0.25, 0.3) is 5.56 Å². The number of amides is 1. The van der Waals surface area contributed by atoms with Crippen molar-refractivity contribution in [3.8, 4) is 0 Å². The zero-order valence-corrected chi connectivity index (χ0v) is 14.1. The Kier molecular flexibility index (Phi) is 6.12. The van der Waals surface area contributed by atoms with E-state index >= 15 is 0 Å². The Hall–Kier alpha value is -1.93. The number of nitrogens with one attached hydrogen (secondary N) is 1. The number of fused-ring (bicyclic) bond motifs is 1. The van der Waals surface area contributed by atoms with E-state index in [9.17, 15) is 14.4 Å². The van der Waals surface area contributed by atoms with E-state index in [1.54, 1.807) is 18.6 Å². The van der Waals surface area contributed by atoms with Gasteiger partial charge in [-0.1, -0.05) is 13.3 Å². The Bertz CT molecular complexity index is 790. The number of rotatable bonds is 8. The monoisotopic (exact) mass is 339 g/mol. The van der Waals surface area contributed by atoms with Crippen molar-refractivity contribution in [3.05, 3.63) is 32.3 Å². The zero-order chi connectivity index (χ0) is 16.8. The second kappa shape index (κ2) is 8.07. The smallest absolute Gasteiger partial charge is 0.332 e. The predicted molar refractivity (Wildman–Crippen MR) is 90.1 cm³/mol. The van der Waals surface area contributed by atoms with Gasteiger partial charge >= 0.3 is 5.69 Å². The molecular weight excluding hydrogens is 318 g/mol. The third-order valence-corrected chi connectivity index (χ3v) is 4.39. The first-order valence-electron chi connectivity index (χ1n) is 7.56. The summed E-state index contributed by atoms with van der Waals surface area (Å²) in [6.45, 7) is 3.04. The fraction of sp³-hybridized carbons (Fsp3) is 0.533. The molecule has 2 aromatic rings. The van der Waals surface area contributed by atoms with Crippen LogP contribution < -0.4 is 16.6 Å². The van der Waals surface area contributed by atoms with Crippen LogP contribution in [-0.2, 0) is 22.6 Å². The van der Waals surface area contributed by atoms with Crippen molar-refractivity contribution in [2.75, 3.05) is 20.3 Å². The average molecular weight is 339 g/mol. The molecule has 7 nitrogen and oxygen atoms in total. The van der Waals surface area contributed by atoms with Crippen molar-refractivity contribution in [2.45, 2.75) is 32.9 Å². The normalized spacial score (nSPS) is 11.0. The number of aromatic nitrogens is 2. The van der Waals surface area contributed by atoms with E-state index < -0.39 is 5.69 Å². The maximum atomic E-state index is 12.6. The van der Waals surface area contributed by atoms with E-state index in [4.69, 9.17) is 4.74 Å². The van der Waals surface area contributed by atoms with Crippen molar-refractivity contribution in [1.82, 2.24) is 14.5 Å². The zero-order valence-electron chi connectivity index (χ0n) is 13.3. The molecule has 2 aromatic heterocycles. The van der Waals surface area contributed by atoms with E-state index in [2.05, 4.69) is 5.32 Å². The molecule has 0 atom stereocenters. The number of carbonyl (C=O) groups excluding carboxylic acids is 1. The summed E-state index contributed by atoms with van der Waals surface area (Å²) >= 11 is 1.29. The van der Waals surface area contributed by atoms with E-state index in [-0.39, 0.29) is 18.0 Å². The van der Waals surface area contributed by atoms with Crippen molar-refractivity contribution in [2.24, 2.45) is 0 Å². The fourth-order valence-electron chi connectivity index (χ4n) is 2.29. The van der Waals surface area contributed by atoms with Crippen LogP contribution in [-0.4, -0.2) is 35.3 Å². The minimum atomic E-state index is -0.434. The fourth-order valence-corrected chi connectivity index (χ4v) is 3.13. The number of unbranched alkanes of at least 4 members (excludes halogenated alkanes) is 1. The predicted octanol–water partition coefficient (Wildman–Crippen LogP) is 0.787. The average Bonchev–Trinajstić information content (AvgIpc) is 3.01. The first-order valence-corrected chi connectivity index (χ1v) is 8.44. The molecule has 23 heavy (non-hydrogen) atoms. The van der Waals surface area contributed by atoms with Crippen molar-refractivity contribution < 1.29 is 9.53 Å². The maximum absolute atomic E-state index is 12.6. The summed E-state index contributed by atoms with van der Waals surface area (Å²) in [6.07, 6.45) is 1.62. The number of carbonyl (C=O) groups is 1. The summed E-state index contributed by atoms with van der Waals surface area (Å²) in [5, 5.41) is 4.44. The molecule has 0 aliphatic carbocycles. The van der Waals surface area contributed by atoms with Crippen LogP contribution >= 0.6 is 11.3 Å². The number of hydrogen-bond donors (Lipinski definition) is 1. The molecule has 126 valence electrons. The number of thiophene rings is 1. The Morgan fingerprint density at radius 1 is 1.35 bits per heavy atom. The summed E-state index contributed by atoms with van der Waals surface area (Å²) in [6, 6.07) is 1.70. The first kappa shape index (κ1) is 17.4. The van der Waals surface area contributed by atoms with Crippen molar-refractivity contribution >= 4 is 27.5 Å². The van der Waals surface area contributed by atoms with E-state index in [0.29, 0.717) is 29.9 Å². The molecule has 0 saturated heterocycles. The highest BCUT2D eigenvalue weighted by Gasteiger charge is 2.15. The molecule has 0 spiro atoms. The van der Waals surface area contributed by atoms with Gasteiger partial charge in [0.05, 0.1) is 12.1 Å². The summed E-state index contributed by atoms with van der Waals surface area (Å²) in [5.74, 6) is -0.280. The van der Waals surface area contributed by atoms with Gasteiger partial charge in [-0.05, 0) is 17.9 Å². The second-order valence-corrected chi connectivity index (χ2v) is 6.07. The molecule has 2 heterocycles. The lowest BCUT2D eigenvalue weighted by molar-refractivity contribution is -0.121. The minimum absolute atomic E-state index is 0.109. The van der Waals surface area contributed by atoms with Gasteiger partial charge in [0.1, 0.15) is 11.2 Å². The highest BCUT2D eigenvalue weighted by Crippen LogP contribution is 2.15. The summed E-state index contributed by atoms with van der Waals surface area (Å²) in [4.78, 5) is 37.0. The maximum Gasteiger partial charge on any atom is 0.332 e. The molecule has 0 unspecified atom stereocenters.